The van der Waals surface area contributed by atoms with Crippen molar-refractivity contribution in [3.8, 4) is 5.88 Å². The van der Waals surface area contributed by atoms with E-state index < -0.39 is 0 Å². The van der Waals surface area contributed by atoms with Gasteiger partial charge in [-0.3, -0.25) is 4.79 Å². The molecule has 0 aromatic carbocycles. The van der Waals surface area contributed by atoms with Crippen LogP contribution in [0, 0.1) is 0 Å². The van der Waals surface area contributed by atoms with E-state index in [4.69, 9.17) is 16.3 Å². The highest BCUT2D eigenvalue weighted by Gasteiger charge is 2.14. The Morgan fingerprint density at radius 2 is 2.18 bits per heavy atom. The van der Waals surface area contributed by atoms with Crippen LogP contribution in [0.1, 0.15) is 16.8 Å². The quantitative estimate of drug-likeness (QED) is 0.776. The molecule has 1 rings (SSSR count). The van der Waals surface area contributed by atoms with Crippen LogP contribution >= 0.6 is 24.0 Å². The SMILES string of the molecule is COc1nccc(C(=O)CCN(C)C)c1Cl.Cl. The average Bonchev–Trinajstić information content (AvgIpc) is 2.26. The van der Waals surface area contributed by atoms with Gasteiger partial charge in [-0.15, -0.1) is 12.4 Å². The number of Topliss-reactive ketones (excluding diaryl/α,β-unsaturated/α-hetero) is 1. The molecule has 0 amide bonds. The molecule has 1 aromatic rings. The molecule has 0 spiro atoms. The van der Waals surface area contributed by atoms with Crippen molar-refractivity contribution in [2.45, 2.75) is 6.42 Å². The first-order valence-corrected chi connectivity index (χ1v) is 5.30. The number of carbonyl (C=O) groups is 1. The Bertz CT molecular complexity index is 384. The molecule has 1 aromatic heterocycles. The van der Waals surface area contributed by atoms with Crippen molar-refractivity contribution in [1.29, 1.82) is 0 Å². The third kappa shape index (κ3) is 4.50. The van der Waals surface area contributed by atoms with Gasteiger partial charge in [0.05, 0.1) is 7.11 Å². The van der Waals surface area contributed by atoms with Crippen LogP contribution in [0.4, 0.5) is 0 Å². The second kappa shape index (κ2) is 7.48. The van der Waals surface area contributed by atoms with Gasteiger partial charge in [0, 0.05) is 24.7 Å². The standard InChI is InChI=1S/C11H15ClN2O2.ClH/c1-14(2)7-5-9(15)8-4-6-13-11(16-3)10(8)12;/h4,6H,5,7H2,1-3H3;1H. The number of methoxy groups -OCH3 is 1. The second-order valence-electron chi connectivity index (χ2n) is 3.66. The van der Waals surface area contributed by atoms with Crippen molar-refractivity contribution in [2.24, 2.45) is 0 Å². The van der Waals surface area contributed by atoms with Crippen LogP contribution in [-0.2, 0) is 0 Å². The normalized spacial score (nSPS) is 9.94. The molecule has 0 saturated carbocycles. The average molecular weight is 279 g/mol. The van der Waals surface area contributed by atoms with Crippen LogP contribution in [0.25, 0.3) is 0 Å². The first kappa shape index (κ1) is 16.2. The summed E-state index contributed by atoms with van der Waals surface area (Å²) < 4.78 is 4.96. The monoisotopic (exact) mass is 278 g/mol. The lowest BCUT2D eigenvalue weighted by Crippen LogP contribution is -2.17. The van der Waals surface area contributed by atoms with Crippen molar-refractivity contribution >= 4 is 29.8 Å². The smallest absolute Gasteiger partial charge is 0.233 e. The third-order valence-electron chi connectivity index (χ3n) is 2.14. The molecule has 0 radical (unpaired) electrons. The van der Waals surface area contributed by atoms with E-state index in [1.807, 2.05) is 19.0 Å². The molecule has 0 fully saturated rings. The summed E-state index contributed by atoms with van der Waals surface area (Å²) >= 11 is 6.00. The number of nitrogens with zero attached hydrogens (tertiary/aromatic N) is 2. The summed E-state index contributed by atoms with van der Waals surface area (Å²) in [4.78, 5) is 17.7. The maximum absolute atomic E-state index is 11.8. The van der Waals surface area contributed by atoms with Crippen molar-refractivity contribution in [2.75, 3.05) is 27.7 Å². The topological polar surface area (TPSA) is 42.4 Å². The lowest BCUT2D eigenvalue weighted by molar-refractivity contribution is 0.0972. The maximum Gasteiger partial charge on any atom is 0.233 e. The van der Waals surface area contributed by atoms with E-state index in [-0.39, 0.29) is 29.1 Å². The summed E-state index contributed by atoms with van der Waals surface area (Å²) in [6.45, 7) is 0.694. The molecule has 6 heteroatoms. The van der Waals surface area contributed by atoms with Crippen molar-refractivity contribution in [3.05, 3.63) is 22.8 Å². The molecule has 0 N–H and O–H groups in total. The number of aromatic nitrogens is 1. The van der Waals surface area contributed by atoms with Crippen molar-refractivity contribution in [1.82, 2.24) is 9.88 Å². The first-order valence-electron chi connectivity index (χ1n) is 4.92. The first-order chi connectivity index (χ1) is 7.56. The number of ketones is 1. The van der Waals surface area contributed by atoms with E-state index in [0.717, 1.165) is 0 Å². The van der Waals surface area contributed by atoms with E-state index in [0.29, 0.717) is 18.5 Å². The van der Waals surface area contributed by atoms with Gasteiger partial charge >= 0.3 is 0 Å². The molecule has 17 heavy (non-hydrogen) atoms. The zero-order valence-electron chi connectivity index (χ0n) is 10.1. The molecule has 0 atom stereocenters. The Labute approximate surface area is 112 Å². The zero-order valence-corrected chi connectivity index (χ0v) is 11.6. The number of hydrogen-bond donors (Lipinski definition) is 0. The third-order valence-corrected chi connectivity index (χ3v) is 2.50. The minimum Gasteiger partial charge on any atom is -0.480 e. The molecular formula is C11H16Cl2N2O2. The van der Waals surface area contributed by atoms with Crippen LogP contribution < -0.4 is 4.74 Å². The minimum atomic E-state index is -0.000556. The summed E-state index contributed by atoms with van der Waals surface area (Å²) in [6, 6.07) is 1.61. The number of ether oxygens (including phenoxy) is 1. The number of hydrogen-bond acceptors (Lipinski definition) is 4. The Balaban J connectivity index is 0.00000256. The fourth-order valence-electron chi connectivity index (χ4n) is 1.24. The van der Waals surface area contributed by atoms with Gasteiger partial charge in [-0.25, -0.2) is 4.98 Å². The Kier molecular flexibility index (Phi) is 7.11. The Hall–Kier alpha value is -0.840. The summed E-state index contributed by atoms with van der Waals surface area (Å²) in [7, 11) is 5.31. The van der Waals surface area contributed by atoms with Gasteiger partial charge in [0.1, 0.15) is 5.02 Å². The summed E-state index contributed by atoms with van der Waals surface area (Å²) in [5.74, 6) is 0.289. The van der Waals surface area contributed by atoms with Gasteiger partial charge in [-0.05, 0) is 20.2 Å². The molecule has 0 bridgehead atoms. The molecule has 4 nitrogen and oxygen atoms in total. The fourth-order valence-corrected chi connectivity index (χ4v) is 1.54. The van der Waals surface area contributed by atoms with Gasteiger partial charge < -0.3 is 9.64 Å². The predicted octanol–water partition coefficient (Wildman–Crippen LogP) is 2.30. The molecule has 0 aliphatic heterocycles. The van der Waals surface area contributed by atoms with E-state index in [9.17, 15) is 4.79 Å². The van der Waals surface area contributed by atoms with Crippen molar-refractivity contribution in [3.63, 3.8) is 0 Å². The molecule has 96 valence electrons. The maximum atomic E-state index is 11.8. The van der Waals surface area contributed by atoms with Gasteiger partial charge in [-0.2, -0.15) is 0 Å². The number of pyridine rings is 1. The Morgan fingerprint density at radius 3 is 2.71 bits per heavy atom. The number of halogens is 2. The molecule has 0 saturated heterocycles. The summed E-state index contributed by atoms with van der Waals surface area (Å²) in [5, 5.41) is 0.286. The van der Waals surface area contributed by atoms with Crippen LogP contribution in [0.15, 0.2) is 12.3 Å². The van der Waals surface area contributed by atoms with E-state index in [1.165, 1.54) is 13.3 Å². The number of carbonyl (C=O) groups excluding carboxylic acids is 1. The lowest BCUT2D eigenvalue weighted by atomic mass is 10.1. The van der Waals surface area contributed by atoms with Crippen LogP contribution in [0.3, 0.4) is 0 Å². The molecule has 1 heterocycles. The van der Waals surface area contributed by atoms with Gasteiger partial charge in [0.25, 0.3) is 0 Å². The van der Waals surface area contributed by atoms with E-state index >= 15 is 0 Å². The molecule has 0 unspecified atom stereocenters. The highest BCUT2D eigenvalue weighted by atomic mass is 35.5. The summed E-state index contributed by atoms with van der Waals surface area (Å²) in [5.41, 5.74) is 0.468. The minimum absolute atomic E-state index is 0. The lowest BCUT2D eigenvalue weighted by Gasteiger charge is -2.10. The van der Waals surface area contributed by atoms with Gasteiger partial charge in [0.15, 0.2) is 5.78 Å². The van der Waals surface area contributed by atoms with Crippen LogP contribution in [0.5, 0.6) is 5.88 Å². The summed E-state index contributed by atoms with van der Waals surface area (Å²) in [6.07, 6.45) is 1.95. The van der Waals surface area contributed by atoms with Gasteiger partial charge in [-0.1, -0.05) is 11.6 Å². The largest absolute Gasteiger partial charge is 0.480 e. The van der Waals surface area contributed by atoms with Crippen LogP contribution in [-0.4, -0.2) is 43.4 Å². The predicted molar refractivity (Wildman–Crippen MR) is 70.5 cm³/mol. The molecular weight excluding hydrogens is 263 g/mol. The van der Waals surface area contributed by atoms with Crippen LogP contribution in [0.2, 0.25) is 5.02 Å². The zero-order chi connectivity index (χ0) is 12.1. The van der Waals surface area contributed by atoms with E-state index in [1.54, 1.807) is 6.07 Å². The van der Waals surface area contributed by atoms with E-state index in [2.05, 4.69) is 4.98 Å². The van der Waals surface area contributed by atoms with Crippen molar-refractivity contribution < 1.29 is 9.53 Å². The highest BCUT2D eigenvalue weighted by molar-refractivity contribution is 6.35. The van der Waals surface area contributed by atoms with Gasteiger partial charge in [0.2, 0.25) is 5.88 Å². The molecule has 0 aliphatic carbocycles. The number of rotatable bonds is 5. The second-order valence-corrected chi connectivity index (χ2v) is 4.04. The molecule has 0 aliphatic rings. The Morgan fingerprint density at radius 1 is 1.53 bits per heavy atom. The fraction of sp³-hybridized carbons (Fsp3) is 0.455. The highest BCUT2D eigenvalue weighted by Crippen LogP contribution is 2.26.